The second kappa shape index (κ2) is 23.8. The van der Waals surface area contributed by atoms with Crippen LogP contribution >= 0.6 is 11.8 Å². The zero-order valence-electron chi connectivity index (χ0n) is 38.1. The van der Waals surface area contributed by atoms with Gasteiger partial charge in [-0.05, 0) is 81.5 Å². The second-order valence-electron chi connectivity index (χ2n) is 17.3. The van der Waals surface area contributed by atoms with Crippen LogP contribution in [0.1, 0.15) is 99.9 Å². The van der Waals surface area contributed by atoms with Crippen LogP contribution < -0.4 is 31.7 Å². The molecule has 3 aromatic heterocycles. The SMILES string of the molecule is C.CCCc1cc(C)[nH]c(=O)c1CNC(=O)c1cc(-c2ccc(N3CCN(C(=O)CCOCCOCCNC(=O)CCCCC4SCC5NC(=O)NC54)CC3)nc2)cc2c1cnn2C(C)C. The molecule has 0 aliphatic carbocycles. The molecule has 4 aromatic rings. The van der Waals surface area contributed by atoms with Crippen LogP contribution in [0.3, 0.4) is 0 Å². The number of anilines is 1. The Morgan fingerprint density at radius 1 is 0.924 bits per heavy atom. The predicted octanol–water partition coefficient (Wildman–Crippen LogP) is 5.11. The van der Waals surface area contributed by atoms with E-state index in [1.165, 1.54) is 0 Å². The summed E-state index contributed by atoms with van der Waals surface area (Å²) in [6, 6.07) is 10.3. The lowest BCUT2D eigenvalue weighted by atomic mass is 10.00. The van der Waals surface area contributed by atoms with Gasteiger partial charge in [0, 0.05) is 91.1 Å². The van der Waals surface area contributed by atoms with Crippen molar-refractivity contribution in [3.63, 3.8) is 0 Å². The maximum Gasteiger partial charge on any atom is 0.315 e. The largest absolute Gasteiger partial charge is 0.379 e. The molecular formula is C48H68N10O7S. The van der Waals surface area contributed by atoms with Crippen LogP contribution in [0, 0.1) is 6.92 Å². The van der Waals surface area contributed by atoms with Crippen molar-refractivity contribution >= 4 is 52.2 Å². The van der Waals surface area contributed by atoms with Crippen LogP contribution in [0.2, 0.25) is 0 Å². The van der Waals surface area contributed by atoms with Gasteiger partial charge in [-0.1, -0.05) is 27.2 Å². The van der Waals surface area contributed by atoms with Gasteiger partial charge in [-0.2, -0.15) is 16.9 Å². The molecular weight excluding hydrogens is 861 g/mol. The minimum absolute atomic E-state index is 0. The summed E-state index contributed by atoms with van der Waals surface area (Å²) in [6.07, 6.45) is 8.70. The van der Waals surface area contributed by atoms with Gasteiger partial charge in [-0.15, -0.1) is 0 Å². The first-order valence-electron chi connectivity index (χ1n) is 23.1. The summed E-state index contributed by atoms with van der Waals surface area (Å²) in [5, 5.41) is 17.6. The Morgan fingerprint density at radius 3 is 2.45 bits per heavy atom. The number of carbonyl (C=O) groups is 4. The van der Waals surface area contributed by atoms with E-state index in [1.807, 2.05) is 78.6 Å². The molecule has 3 aliphatic rings. The zero-order chi connectivity index (χ0) is 45.9. The summed E-state index contributed by atoms with van der Waals surface area (Å²) in [5.74, 6) is 1.53. The fourth-order valence-electron chi connectivity index (χ4n) is 8.84. The van der Waals surface area contributed by atoms with Gasteiger partial charge in [0.25, 0.3) is 11.5 Å². The first-order valence-corrected chi connectivity index (χ1v) is 24.1. The Kier molecular flexibility index (Phi) is 18.0. The summed E-state index contributed by atoms with van der Waals surface area (Å²) in [7, 11) is 0. The third-order valence-corrected chi connectivity index (χ3v) is 13.8. The number of unbranched alkanes of at least 4 members (excludes halogenated alkanes) is 1. The van der Waals surface area contributed by atoms with Gasteiger partial charge in [0.05, 0.1) is 62.2 Å². The van der Waals surface area contributed by atoms with Crippen LogP contribution in [0.25, 0.3) is 22.0 Å². The number of aryl methyl sites for hydroxylation is 2. The molecule has 3 aliphatic heterocycles. The number of nitrogens with zero attached hydrogens (tertiary/aromatic N) is 5. The Labute approximate surface area is 391 Å². The molecule has 6 heterocycles. The first-order chi connectivity index (χ1) is 31.5. The summed E-state index contributed by atoms with van der Waals surface area (Å²) >= 11 is 1.89. The van der Waals surface area contributed by atoms with Gasteiger partial charge in [0.2, 0.25) is 11.8 Å². The highest BCUT2D eigenvalue weighted by Gasteiger charge is 2.42. The van der Waals surface area contributed by atoms with Crippen molar-refractivity contribution in [2.24, 2.45) is 0 Å². The lowest BCUT2D eigenvalue weighted by molar-refractivity contribution is -0.132. The molecule has 5 N–H and O–H groups in total. The van der Waals surface area contributed by atoms with E-state index in [0.717, 1.165) is 77.0 Å². The molecule has 358 valence electrons. The van der Waals surface area contributed by atoms with Crippen LogP contribution in [-0.2, 0) is 32.0 Å². The molecule has 0 bridgehead atoms. The fourth-order valence-corrected chi connectivity index (χ4v) is 10.4. The van der Waals surface area contributed by atoms with Crippen molar-refractivity contribution in [1.29, 1.82) is 0 Å². The van der Waals surface area contributed by atoms with Crippen molar-refractivity contribution in [2.75, 3.05) is 69.8 Å². The molecule has 3 fully saturated rings. The Morgan fingerprint density at radius 2 is 1.71 bits per heavy atom. The van der Waals surface area contributed by atoms with E-state index in [9.17, 15) is 24.0 Å². The maximum atomic E-state index is 13.9. The van der Waals surface area contributed by atoms with Crippen molar-refractivity contribution in [3.05, 3.63) is 75.5 Å². The monoisotopic (exact) mass is 928 g/mol. The standard InChI is InChI=1S/C47H64N10O7S.CH4/c1-5-8-32-23-31(4)52-46(61)36(32)27-50-45(60)35-24-34(25-39-37(35)28-51-57(39)30(2)3)33-11-12-41(49-26-33)55-15-17-56(18-16-55)43(59)13-19-63-21-22-64-20-14-48-42(58)10-7-6-9-40-44-38(29-65-40)53-47(62)54-44;/h11-12,23-26,28,30,38,40,44H,5-10,13-22,27,29H2,1-4H3,(H,48,58)(H,50,60)(H,52,61)(H2,53,54,62);1H4. The molecule has 0 radical (unpaired) electrons. The second-order valence-corrected chi connectivity index (χ2v) is 18.6. The number of pyridine rings is 2. The van der Waals surface area contributed by atoms with E-state index in [-0.39, 0.29) is 61.4 Å². The van der Waals surface area contributed by atoms with Crippen molar-refractivity contribution < 1.29 is 28.7 Å². The topological polar surface area (TPSA) is 205 Å². The van der Waals surface area contributed by atoms with E-state index in [4.69, 9.17) is 14.5 Å². The number of nitrogens with one attached hydrogen (secondary N) is 5. The fraction of sp³-hybridized carbons (Fsp3) is 0.562. The highest BCUT2D eigenvalue weighted by atomic mass is 32.2. The summed E-state index contributed by atoms with van der Waals surface area (Å²) in [6.45, 7) is 12.5. The number of carbonyl (C=O) groups excluding carboxylic acids is 4. The minimum atomic E-state index is -0.286. The molecule has 3 saturated heterocycles. The summed E-state index contributed by atoms with van der Waals surface area (Å²) in [4.78, 5) is 75.2. The van der Waals surface area contributed by atoms with Crippen molar-refractivity contribution in [3.8, 4) is 11.1 Å². The number of thioether (sulfide) groups is 1. The van der Waals surface area contributed by atoms with Crippen LogP contribution in [0.5, 0.6) is 0 Å². The summed E-state index contributed by atoms with van der Waals surface area (Å²) in [5.41, 5.74) is 5.11. The normalized spacial score (nSPS) is 18.0. The lowest BCUT2D eigenvalue weighted by Crippen LogP contribution is -2.49. The van der Waals surface area contributed by atoms with E-state index in [2.05, 4.69) is 43.2 Å². The number of urea groups is 1. The number of aromatic nitrogens is 4. The molecule has 7 rings (SSSR count). The van der Waals surface area contributed by atoms with E-state index >= 15 is 0 Å². The first kappa shape index (κ1) is 50.0. The number of hydrogen-bond donors (Lipinski definition) is 5. The molecule has 66 heavy (non-hydrogen) atoms. The van der Waals surface area contributed by atoms with E-state index in [1.54, 1.807) is 6.20 Å². The van der Waals surface area contributed by atoms with E-state index in [0.29, 0.717) is 88.4 Å². The number of benzene rings is 1. The third kappa shape index (κ3) is 12.7. The summed E-state index contributed by atoms with van der Waals surface area (Å²) < 4.78 is 13.2. The van der Waals surface area contributed by atoms with Gasteiger partial charge in [0.15, 0.2) is 0 Å². The number of H-pyrrole nitrogens is 1. The molecule has 0 spiro atoms. The quantitative estimate of drug-likeness (QED) is 0.0518. The Bertz CT molecular complexity index is 2340. The predicted molar refractivity (Wildman–Crippen MR) is 259 cm³/mol. The van der Waals surface area contributed by atoms with Crippen LogP contribution in [-0.4, -0.2) is 131 Å². The van der Waals surface area contributed by atoms with Gasteiger partial charge in [-0.25, -0.2) is 9.78 Å². The highest BCUT2D eigenvalue weighted by Crippen LogP contribution is 2.33. The average molecular weight is 929 g/mol. The van der Waals surface area contributed by atoms with Crippen LogP contribution in [0.15, 0.2) is 47.5 Å². The maximum absolute atomic E-state index is 13.9. The van der Waals surface area contributed by atoms with Gasteiger partial charge >= 0.3 is 6.03 Å². The van der Waals surface area contributed by atoms with Crippen LogP contribution in [0.4, 0.5) is 10.6 Å². The molecule has 3 unspecified atom stereocenters. The zero-order valence-corrected chi connectivity index (χ0v) is 38.9. The number of fused-ring (bicyclic) bond motifs is 2. The number of hydrogen-bond acceptors (Lipinski definition) is 11. The molecule has 5 amide bonds. The van der Waals surface area contributed by atoms with E-state index < -0.39 is 0 Å². The minimum Gasteiger partial charge on any atom is -0.379 e. The highest BCUT2D eigenvalue weighted by molar-refractivity contribution is 8.00. The number of rotatable bonds is 22. The van der Waals surface area contributed by atoms with Gasteiger partial charge < -0.3 is 45.5 Å². The molecule has 1 aromatic carbocycles. The number of amides is 5. The number of piperazine rings is 1. The van der Waals surface area contributed by atoms with Gasteiger partial charge in [-0.3, -0.25) is 23.9 Å². The third-order valence-electron chi connectivity index (χ3n) is 12.3. The lowest BCUT2D eigenvalue weighted by Gasteiger charge is -2.35. The Hall–Kier alpha value is -5.46. The van der Waals surface area contributed by atoms with Crippen molar-refractivity contribution in [2.45, 2.75) is 110 Å². The molecule has 0 saturated carbocycles. The smallest absolute Gasteiger partial charge is 0.315 e. The molecule has 3 atom stereocenters. The molecule has 18 heteroatoms. The Balaban J connectivity index is 0.00000720. The van der Waals surface area contributed by atoms with Crippen molar-refractivity contribution in [1.82, 2.24) is 45.9 Å². The molecule has 17 nitrogen and oxygen atoms in total. The number of ether oxygens (including phenoxy) is 2. The van der Waals surface area contributed by atoms with Gasteiger partial charge in [0.1, 0.15) is 5.82 Å². The average Bonchev–Trinajstić information content (AvgIpc) is 4.01. The number of aromatic amines is 1.